The van der Waals surface area contributed by atoms with Gasteiger partial charge in [-0.25, -0.2) is 0 Å². The third kappa shape index (κ3) is 1.16. The van der Waals surface area contributed by atoms with E-state index in [2.05, 4.69) is 11.2 Å². The second-order valence-electron chi connectivity index (χ2n) is 4.06. The quantitative estimate of drug-likeness (QED) is 0.731. The van der Waals surface area contributed by atoms with E-state index in [-0.39, 0.29) is 0 Å². The fourth-order valence-corrected chi connectivity index (χ4v) is 1.86. The number of aromatic nitrogens is 2. The molecule has 0 spiro atoms. The molecule has 1 aliphatic carbocycles. The van der Waals surface area contributed by atoms with Crippen LogP contribution < -0.4 is 5.73 Å². The Balaban J connectivity index is 2.13. The average molecular weight is 187 g/mol. The highest BCUT2D eigenvalue weighted by atomic mass is 15.3. The van der Waals surface area contributed by atoms with Gasteiger partial charge < -0.3 is 5.73 Å². The Labute approximate surface area is 82.5 Å². The lowest BCUT2D eigenvalue weighted by Gasteiger charge is -2.03. The molecule has 0 aliphatic heterocycles. The Morgan fingerprint density at radius 1 is 1.43 bits per heavy atom. The molecule has 3 rings (SSSR count). The van der Waals surface area contributed by atoms with E-state index in [1.807, 2.05) is 23.0 Å². The molecule has 1 aliphatic rings. The second kappa shape index (κ2) is 2.74. The van der Waals surface area contributed by atoms with Crippen molar-refractivity contribution >= 4 is 16.6 Å². The maximum atomic E-state index is 5.94. The molecule has 0 amide bonds. The molecule has 72 valence electrons. The molecule has 2 aromatic rings. The molecule has 0 unspecified atom stereocenters. The third-order valence-electron chi connectivity index (χ3n) is 2.82. The zero-order valence-electron chi connectivity index (χ0n) is 7.98. The number of fused-ring (bicyclic) bond motifs is 1. The molecular formula is C11H13N3. The highest BCUT2D eigenvalue weighted by molar-refractivity contribution is 5.89. The highest BCUT2D eigenvalue weighted by Crippen LogP contribution is 2.32. The summed E-state index contributed by atoms with van der Waals surface area (Å²) in [6.07, 6.45) is 4.58. The monoisotopic (exact) mass is 187 g/mol. The summed E-state index contributed by atoms with van der Waals surface area (Å²) in [6, 6.07) is 5.97. The van der Waals surface area contributed by atoms with Crippen molar-refractivity contribution in [2.75, 3.05) is 5.73 Å². The SMILES string of the molecule is Nc1cccc2cnn(CC3CC3)c12. The van der Waals surface area contributed by atoms with Gasteiger partial charge in [0.2, 0.25) is 0 Å². The van der Waals surface area contributed by atoms with E-state index in [1.165, 1.54) is 12.8 Å². The normalized spacial score (nSPS) is 16.3. The van der Waals surface area contributed by atoms with Gasteiger partial charge in [0.1, 0.15) is 0 Å². The Hall–Kier alpha value is -1.51. The third-order valence-corrected chi connectivity index (χ3v) is 2.82. The predicted molar refractivity (Wildman–Crippen MR) is 56.9 cm³/mol. The summed E-state index contributed by atoms with van der Waals surface area (Å²) in [6.45, 7) is 1.03. The van der Waals surface area contributed by atoms with Crippen LogP contribution in [0.5, 0.6) is 0 Å². The maximum Gasteiger partial charge on any atom is 0.0911 e. The summed E-state index contributed by atoms with van der Waals surface area (Å²) >= 11 is 0. The van der Waals surface area contributed by atoms with E-state index >= 15 is 0 Å². The van der Waals surface area contributed by atoms with Crippen LogP contribution in [0.2, 0.25) is 0 Å². The highest BCUT2D eigenvalue weighted by Gasteiger charge is 2.22. The molecule has 0 saturated heterocycles. The first kappa shape index (κ1) is 7.85. The van der Waals surface area contributed by atoms with E-state index in [1.54, 1.807) is 0 Å². The van der Waals surface area contributed by atoms with Crippen LogP contribution in [0, 0.1) is 5.92 Å². The van der Waals surface area contributed by atoms with Crippen molar-refractivity contribution in [3.05, 3.63) is 24.4 Å². The summed E-state index contributed by atoms with van der Waals surface area (Å²) in [7, 11) is 0. The molecule has 1 heterocycles. The lowest BCUT2D eigenvalue weighted by molar-refractivity contribution is 0.581. The van der Waals surface area contributed by atoms with Crippen LogP contribution in [-0.2, 0) is 6.54 Å². The van der Waals surface area contributed by atoms with Crippen molar-refractivity contribution in [3.8, 4) is 0 Å². The van der Waals surface area contributed by atoms with Crippen LogP contribution in [0.3, 0.4) is 0 Å². The number of para-hydroxylation sites is 1. The zero-order chi connectivity index (χ0) is 9.54. The topological polar surface area (TPSA) is 43.8 Å². The molecule has 1 saturated carbocycles. The summed E-state index contributed by atoms with van der Waals surface area (Å²) in [5.41, 5.74) is 7.87. The first-order chi connectivity index (χ1) is 6.84. The first-order valence-electron chi connectivity index (χ1n) is 5.04. The number of hydrogen-bond acceptors (Lipinski definition) is 2. The predicted octanol–water partition coefficient (Wildman–Crippen LogP) is 2.03. The van der Waals surface area contributed by atoms with Crippen molar-refractivity contribution in [3.63, 3.8) is 0 Å². The van der Waals surface area contributed by atoms with E-state index in [0.29, 0.717) is 0 Å². The van der Waals surface area contributed by atoms with E-state index in [0.717, 1.165) is 29.1 Å². The van der Waals surface area contributed by atoms with Crippen molar-refractivity contribution in [1.29, 1.82) is 0 Å². The molecule has 0 atom stereocenters. The minimum Gasteiger partial charge on any atom is -0.397 e. The molecule has 3 heteroatoms. The first-order valence-corrected chi connectivity index (χ1v) is 5.04. The Morgan fingerprint density at radius 3 is 3.07 bits per heavy atom. The lowest BCUT2D eigenvalue weighted by atomic mass is 10.2. The number of anilines is 1. The van der Waals surface area contributed by atoms with Crippen LogP contribution in [0.25, 0.3) is 10.9 Å². The zero-order valence-corrected chi connectivity index (χ0v) is 7.98. The van der Waals surface area contributed by atoms with E-state index in [4.69, 9.17) is 5.73 Å². The van der Waals surface area contributed by atoms with Gasteiger partial charge >= 0.3 is 0 Å². The van der Waals surface area contributed by atoms with Gasteiger partial charge in [0.25, 0.3) is 0 Å². The number of hydrogen-bond donors (Lipinski definition) is 1. The molecule has 1 aromatic heterocycles. The van der Waals surface area contributed by atoms with Gasteiger partial charge in [-0.3, -0.25) is 4.68 Å². The average Bonchev–Trinajstić information content (AvgIpc) is 2.88. The molecule has 1 aromatic carbocycles. The number of rotatable bonds is 2. The van der Waals surface area contributed by atoms with Gasteiger partial charge in [0, 0.05) is 11.9 Å². The minimum atomic E-state index is 0.831. The summed E-state index contributed by atoms with van der Waals surface area (Å²) < 4.78 is 2.04. The van der Waals surface area contributed by atoms with Crippen LogP contribution in [0.1, 0.15) is 12.8 Å². The van der Waals surface area contributed by atoms with Gasteiger partial charge in [0.05, 0.1) is 17.4 Å². The number of nitrogens with zero attached hydrogens (tertiary/aromatic N) is 2. The Bertz CT molecular complexity index is 468. The standard InChI is InChI=1S/C11H13N3/c12-10-3-1-2-9-6-13-14(11(9)10)7-8-4-5-8/h1-3,6,8H,4-5,7,12H2. The minimum absolute atomic E-state index is 0.831. The van der Waals surface area contributed by atoms with Crippen molar-refractivity contribution in [2.24, 2.45) is 5.92 Å². The summed E-state index contributed by atoms with van der Waals surface area (Å²) in [5.74, 6) is 0.831. The lowest BCUT2D eigenvalue weighted by Crippen LogP contribution is -2.03. The fraction of sp³-hybridized carbons (Fsp3) is 0.364. The van der Waals surface area contributed by atoms with Gasteiger partial charge in [-0.2, -0.15) is 5.10 Å². The fourth-order valence-electron chi connectivity index (χ4n) is 1.86. The Morgan fingerprint density at radius 2 is 2.29 bits per heavy atom. The Kier molecular flexibility index (Phi) is 1.54. The van der Waals surface area contributed by atoms with Crippen LogP contribution >= 0.6 is 0 Å². The van der Waals surface area contributed by atoms with Crippen molar-refractivity contribution < 1.29 is 0 Å². The molecular weight excluding hydrogens is 174 g/mol. The molecule has 1 fully saturated rings. The van der Waals surface area contributed by atoms with Gasteiger partial charge in [-0.1, -0.05) is 12.1 Å². The van der Waals surface area contributed by atoms with Gasteiger partial charge in [0.15, 0.2) is 0 Å². The molecule has 3 nitrogen and oxygen atoms in total. The van der Waals surface area contributed by atoms with E-state index < -0.39 is 0 Å². The largest absolute Gasteiger partial charge is 0.397 e. The molecule has 14 heavy (non-hydrogen) atoms. The number of nitrogen functional groups attached to an aromatic ring is 1. The van der Waals surface area contributed by atoms with Crippen LogP contribution in [-0.4, -0.2) is 9.78 Å². The smallest absolute Gasteiger partial charge is 0.0911 e. The van der Waals surface area contributed by atoms with Crippen LogP contribution in [0.4, 0.5) is 5.69 Å². The second-order valence-corrected chi connectivity index (χ2v) is 4.06. The summed E-state index contributed by atoms with van der Waals surface area (Å²) in [4.78, 5) is 0. The van der Waals surface area contributed by atoms with Gasteiger partial charge in [-0.05, 0) is 24.8 Å². The van der Waals surface area contributed by atoms with Crippen LogP contribution in [0.15, 0.2) is 24.4 Å². The number of benzene rings is 1. The van der Waals surface area contributed by atoms with E-state index in [9.17, 15) is 0 Å². The molecule has 2 N–H and O–H groups in total. The van der Waals surface area contributed by atoms with Gasteiger partial charge in [-0.15, -0.1) is 0 Å². The number of nitrogens with two attached hydrogens (primary N) is 1. The molecule has 0 radical (unpaired) electrons. The van der Waals surface area contributed by atoms with Crippen molar-refractivity contribution in [2.45, 2.75) is 19.4 Å². The summed E-state index contributed by atoms with van der Waals surface area (Å²) in [5, 5.41) is 5.52. The molecule has 0 bridgehead atoms. The van der Waals surface area contributed by atoms with Crippen molar-refractivity contribution in [1.82, 2.24) is 9.78 Å². The maximum absolute atomic E-state index is 5.94.